The number of ketones is 2. The monoisotopic (exact) mass is 387 g/mol. The first-order valence-electron chi connectivity index (χ1n) is 9.57. The number of H-pyrrole nitrogens is 1. The van der Waals surface area contributed by atoms with Gasteiger partial charge in [0.1, 0.15) is 0 Å². The van der Waals surface area contributed by atoms with Crippen molar-refractivity contribution in [2.75, 3.05) is 6.54 Å². The molecule has 1 N–H and O–H groups in total. The second kappa shape index (κ2) is 7.33. The Bertz CT molecular complexity index is 885. The van der Waals surface area contributed by atoms with Crippen molar-refractivity contribution in [3.63, 3.8) is 0 Å². The third-order valence-electron chi connectivity index (χ3n) is 5.85. The van der Waals surface area contributed by atoms with Gasteiger partial charge in [0.25, 0.3) is 0 Å². The van der Waals surface area contributed by atoms with E-state index in [2.05, 4.69) is 4.98 Å². The van der Waals surface area contributed by atoms with E-state index in [1.165, 1.54) is 6.92 Å². The number of hydrogen-bond acceptors (Lipinski definition) is 5. The zero-order valence-electron chi connectivity index (χ0n) is 16.6. The Morgan fingerprint density at radius 1 is 1.07 bits per heavy atom. The summed E-state index contributed by atoms with van der Waals surface area (Å²) in [5.74, 6) is -2.40. The molecule has 2 fully saturated rings. The summed E-state index contributed by atoms with van der Waals surface area (Å²) in [5, 5.41) is 0. The van der Waals surface area contributed by atoms with Crippen molar-refractivity contribution in [3.8, 4) is 0 Å². The van der Waals surface area contributed by atoms with E-state index < -0.39 is 30.2 Å². The zero-order valence-corrected chi connectivity index (χ0v) is 16.6. The SMILES string of the molecule is CC(=O)c1c(C)[nH]c(C(=O)CN2C(=O)C(=O)N([C@H]3CCCC[C@@H]3C)C2=O)c1C. The van der Waals surface area contributed by atoms with E-state index in [0.717, 1.165) is 29.1 Å². The van der Waals surface area contributed by atoms with Gasteiger partial charge in [-0.15, -0.1) is 0 Å². The molecule has 1 aromatic rings. The highest BCUT2D eigenvalue weighted by molar-refractivity contribution is 6.45. The molecule has 1 aromatic heterocycles. The normalized spacial score (nSPS) is 22.9. The molecule has 1 aliphatic heterocycles. The van der Waals surface area contributed by atoms with Crippen LogP contribution in [0.15, 0.2) is 0 Å². The second-order valence-electron chi connectivity index (χ2n) is 7.78. The lowest BCUT2D eigenvalue weighted by molar-refractivity contribution is -0.144. The minimum atomic E-state index is -0.969. The molecule has 2 aliphatic rings. The lowest BCUT2D eigenvalue weighted by Gasteiger charge is -2.34. The smallest absolute Gasteiger partial charge is 0.334 e. The molecule has 0 bridgehead atoms. The molecule has 4 amide bonds. The first kappa shape index (κ1) is 20.0. The average molecular weight is 387 g/mol. The molecule has 1 aliphatic carbocycles. The van der Waals surface area contributed by atoms with Crippen molar-refractivity contribution in [2.24, 2.45) is 5.92 Å². The number of nitrogens with one attached hydrogen (secondary N) is 1. The number of rotatable bonds is 5. The van der Waals surface area contributed by atoms with Crippen LogP contribution < -0.4 is 0 Å². The van der Waals surface area contributed by atoms with Gasteiger partial charge in [0.05, 0.1) is 12.2 Å². The van der Waals surface area contributed by atoms with Crippen LogP contribution >= 0.6 is 0 Å². The summed E-state index contributed by atoms with van der Waals surface area (Å²) < 4.78 is 0. The Hall–Kier alpha value is -2.77. The Labute approximate surface area is 163 Å². The largest absolute Gasteiger partial charge is 0.355 e. The topological polar surface area (TPSA) is 108 Å². The fraction of sp³-hybridized carbons (Fsp3) is 0.550. The molecular formula is C20H25N3O5. The summed E-state index contributed by atoms with van der Waals surface area (Å²) in [5.41, 5.74) is 1.65. The minimum absolute atomic E-state index is 0.122. The van der Waals surface area contributed by atoms with Crippen LogP contribution in [0.3, 0.4) is 0 Å². The van der Waals surface area contributed by atoms with Crippen LogP contribution in [0, 0.1) is 19.8 Å². The molecule has 3 rings (SSSR count). The van der Waals surface area contributed by atoms with Gasteiger partial charge in [0.15, 0.2) is 11.6 Å². The quantitative estimate of drug-likeness (QED) is 0.474. The zero-order chi connectivity index (χ0) is 20.7. The maximum absolute atomic E-state index is 12.8. The number of aromatic nitrogens is 1. The number of nitrogens with zero attached hydrogens (tertiary/aromatic N) is 2. The van der Waals surface area contributed by atoms with Crippen molar-refractivity contribution in [2.45, 2.75) is 59.4 Å². The molecule has 0 radical (unpaired) electrons. The van der Waals surface area contributed by atoms with Crippen LogP contribution in [-0.4, -0.2) is 56.8 Å². The van der Waals surface area contributed by atoms with Gasteiger partial charge in [-0.2, -0.15) is 0 Å². The minimum Gasteiger partial charge on any atom is -0.355 e. The number of hydrogen-bond donors (Lipinski definition) is 1. The molecule has 28 heavy (non-hydrogen) atoms. The van der Waals surface area contributed by atoms with Gasteiger partial charge in [0, 0.05) is 17.3 Å². The Morgan fingerprint density at radius 2 is 1.71 bits per heavy atom. The highest BCUT2D eigenvalue weighted by Gasteiger charge is 2.49. The first-order valence-corrected chi connectivity index (χ1v) is 9.57. The third-order valence-corrected chi connectivity index (χ3v) is 5.85. The van der Waals surface area contributed by atoms with Crippen LogP contribution in [0.2, 0.25) is 0 Å². The number of urea groups is 1. The van der Waals surface area contributed by atoms with Gasteiger partial charge < -0.3 is 4.98 Å². The summed E-state index contributed by atoms with van der Waals surface area (Å²) in [6, 6.07) is -1.04. The van der Waals surface area contributed by atoms with Gasteiger partial charge in [-0.05, 0) is 45.1 Å². The fourth-order valence-electron chi connectivity index (χ4n) is 4.41. The second-order valence-corrected chi connectivity index (χ2v) is 7.78. The van der Waals surface area contributed by atoms with Crippen molar-refractivity contribution >= 4 is 29.4 Å². The van der Waals surface area contributed by atoms with Crippen molar-refractivity contribution in [1.82, 2.24) is 14.8 Å². The molecule has 2 atom stereocenters. The van der Waals surface area contributed by atoms with E-state index in [1.807, 2.05) is 6.92 Å². The van der Waals surface area contributed by atoms with Crippen LogP contribution in [0.4, 0.5) is 4.79 Å². The highest BCUT2D eigenvalue weighted by atomic mass is 16.2. The van der Waals surface area contributed by atoms with Crippen LogP contribution in [-0.2, 0) is 9.59 Å². The van der Waals surface area contributed by atoms with Crippen LogP contribution in [0.25, 0.3) is 0 Å². The Morgan fingerprint density at radius 3 is 2.29 bits per heavy atom. The maximum Gasteiger partial charge on any atom is 0.334 e. The van der Waals surface area contributed by atoms with E-state index in [-0.39, 0.29) is 23.4 Å². The Kier molecular flexibility index (Phi) is 5.23. The fourth-order valence-corrected chi connectivity index (χ4v) is 4.41. The molecule has 0 spiro atoms. The summed E-state index contributed by atoms with van der Waals surface area (Å²) in [6.07, 6.45) is 3.50. The molecule has 1 saturated carbocycles. The summed E-state index contributed by atoms with van der Waals surface area (Å²) in [7, 11) is 0. The summed E-state index contributed by atoms with van der Waals surface area (Å²) >= 11 is 0. The molecule has 0 aromatic carbocycles. The molecular weight excluding hydrogens is 362 g/mol. The van der Waals surface area contributed by atoms with E-state index in [4.69, 9.17) is 0 Å². The number of Topliss-reactive ketones (excluding diaryl/α,β-unsaturated/α-hetero) is 2. The standard InChI is InChI=1S/C20H25N3O5/c1-10-7-5-6-8-14(10)23-19(27)18(26)22(20(23)28)9-15(25)17-11(2)16(13(4)24)12(3)21-17/h10,14,21H,5-9H2,1-4H3/t10-,14-/m0/s1. The van der Waals surface area contributed by atoms with Crippen LogP contribution in [0.5, 0.6) is 0 Å². The summed E-state index contributed by atoms with van der Waals surface area (Å²) in [4.78, 5) is 66.8. The molecule has 150 valence electrons. The average Bonchev–Trinajstić information content (AvgIpc) is 3.04. The van der Waals surface area contributed by atoms with E-state index >= 15 is 0 Å². The third kappa shape index (κ3) is 3.16. The number of aromatic amines is 1. The number of aryl methyl sites for hydroxylation is 1. The van der Waals surface area contributed by atoms with Crippen molar-refractivity contribution in [1.29, 1.82) is 0 Å². The van der Waals surface area contributed by atoms with E-state index in [0.29, 0.717) is 23.2 Å². The van der Waals surface area contributed by atoms with Gasteiger partial charge in [-0.1, -0.05) is 19.8 Å². The Balaban J connectivity index is 1.83. The lowest BCUT2D eigenvalue weighted by Crippen LogP contribution is -2.46. The van der Waals surface area contributed by atoms with Gasteiger partial charge in [0.2, 0.25) is 0 Å². The maximum atomic E-state index is 12.8. The predicted molar refractivity (Wildman–Crippen MR) is 100.0 cm³/mol. The van der Waals surface area contributed by atoms with Crippen molar-refractivity contribution < 1.29 is 24.0 Å². The van der Waals surface area contributed by atoms with Crippen LogP contribution in [0.1, 0.15) is 71.6 Å². The van der Waals surface area contributed by atoms with E-state index in [1.54, 1.807) is 13.8 Å². The number of amides is 4. The summed E-state index contributed by atoms with van der Waals surface area (Å²) in [6.45, 7) is 6.17. The molecule has 2 heterocycles. The first-order chi connectivity index (χ1) is 13.1. The van der Waals surface area contributed by atoms with Gasteiger partial charge in [-0.3, -0.25) is 24.1 Å². The number of carbonyl (C=O) groups is 5. The molecule has 0 unspecified atom stereocenters. The molecule has 8 nitrogen and oxygen atoms in total. The lowest BCUT2D eigenvalue weighted by atomic mass is 9.85. The predicted octanol–water partition coefficient (Wildman–Crippen LogP) is 2.39. The molecule has 8 heteroatoms. The van der Waals surface area contributed by atoms with Crippen molar-refractivity contribution in [3.05, 3.63) is 22.5 Å². The number of imide groups is 2. The van der Waals surface area contributed by atoms with Gasteiger partial charge in [-0.25, -0.2) is 9.69 Å². The van der Waals surface area contributed by atoms with E-state index in [9.17, 15) is 24.0 Å². The molecule has 1 saturated heterocycles. The highest BCUT2D eigenvalue weighted by Crippen LogP contribution is 2.31. The van der Waals surface area contributed by atoms with Gasteiger partial charge >= 0.3 is 17.8 Å². The number of carbonyl (C=O) groups excluding carboxylic acids is 5.